The first-order valence-electron chi connectivity index (χ1n) is 4.85. The fourth-order valence-electron chi connectivity index (χ4n) is 2.41. The highest BCUT2D eigenvalue weighted by Crippen LogP contribution is 2.30. The van der Waals surface area contributed by atoms with Crippen molar-refractivity contribution in [3.05, 3.63) is 23.8 Å². The van der Waals surface area contributed by atoms with E-state index in [1.54, 1.807) is 5.57 Å². The molecule has 0 saturated carbocycles. The molecule has 0 aromatic carbocycles. The van der Waals surface area contributed by atoms with Gasteiger partial charge in [0, 0.05) is 12.1 Å². The molecule has 2 atom stereocenters. The summed E-state index contributed by atoms with van der Waals surface area (Å²) < 4.78 is 0. The fraction of sp³-hybridized carbons (Fsp3) is 0.636. The topological polar surface area (TPSA) is 12.0 Å². The van der Waals surface area contributed by atoms with E-state index in [1.807, 2.05) is 0 Å². The molecule has 12 heavy (non-hydrogen) atoms. The van der Waals surface area contributed by atoms with Crippen LogP contribution in [0.2, 0.25) is 0 Å². The van der Waals surface area contributed by atoms with Crippen LogP contribution in [0.4, 0.5) is 0 Å². The third-order valence-electron chi connectivity index (χ3n) is 2.80. The molecule has 0 spiro atoms. The lowest BCUT2D eigenvalue weighted by Gasteiger charge is -2.23. The molecule has 2 bridgehead atoms. The van der Waals surface area contributed by atoms with Crippen molar-refractivity contribution in [2.24, 2.45) is 0 Å². The van der Waals surface area contributed by atoms with E-state index in [-0.39, 0.29) is 0 Å². The second-order valence-corrected chi connectivity index (χ2v) is 4.20. The number of fused-ring (bicyclic) bond motifs is 2. The summed E-state index contributed by atoms with van der Waals surface area (Å²) in [7, 11) is 0. The predicted molar refractivity (Wildman–Crippen MR) is 52.1 cm³/mol. The summed E-state index contributed by atoms with van der Waals surface area (Å²) in [5.41, 5.74) is 2.81. The molecular weight excluding hydrogens is 146 g/mol. The van der Waals surface area contributed by atoms with Gasteiger partial charge in [0.2, 0.25) is 0 Å². The van der Waals surface area contributed by atoms with Gasteiger partial charge >= 0.3 is 0 Å². The molecule has 1 heteroatoms. The van der Waals surface area contributed by atoms with Gasteiger partial charge in [-0.05, 0) is 32.6 Å². The number of rotatable bonds is 1. The summed E-state index contributed by atoms with van der Waals surface area (Å²) in [6.07, 6.45) is 7.52. The Morgan fingerprint density at radius 1 is 1.42 bits per heavy atom. The van der Waals surface area contributed by atoms with Gasteiger partial charge in [0.1, 0.15) is 0 Å². The van der Waals surface area contributed by atoms with Crippen molar-refractivity contribution in [1.82, 2.24) is 5.32 Å². The van der Waals surface area contributed by atoms with Gasteiger partial charge in [0.05, 0.1) is 0 Å². The lowest BCUT2D eigenvalue weighted by atomic mass is 9.97. The molecule has 0 amide bonds. The lowest BCUT2D eigenvalue weighted by Crippen LogP contribution is -2.34. The minimum atomic E-state index is 0.773. The van der Waals surface area contributed by atoms with E-state index in [9.17, 15) is 0 Å². The lowest BCUT2D eigenvalue weighted by molar-refractivity contribution is 0.474. The van der Waals surface area contributed by atoms with Gasteiger partial charge in [-0.2, -0.15) is 0 Å². The Balaban J connectivity index is 2.07. The molecule has 2 saturated heterocycles. The zero-order valence-corrected chi connectivity index (χ0v) is 7.77. The molecule has 1 N–H and O–H groups in total. The third kappa shape index (κ3) is 1.61. The average Bonchev–Trinajstić information content (AvgIpc) is 2.29. The van der Waals surface area contributed by atoms with E-state index in [2.05, 4.69) is 24.9 Å². The Kier molecular flexibility index (Phi) is 2.05. The first-order valence-corrected chi connectivity index (χ1v) is 4.85. The van der Waals surface area contributed by atoms with E-state index >= 15 is 0 Å². The molecule has 2 unspecified atom stereocenters. The maximum atomic E-state index is 3.92. The van der Waals surface area contributed by atoms with Gasteiger partial charge in [-0.25, -0.2) is 0 Å². The number of nitrogens with one attached hydrogen (secondary N) is 1. The van der Waals surface area contributed by atoms with Crippen LogP contribution >= 0.6 is 0 Å². The maximum Gasteiger partial charge on any atom is 0.0108 e. The van der Waals surface area contributed by atoms with Gasteiger partial charge in [-0.1, -0.05) is 23.8 Å². The molecule has 0 aromatic heterocycles. The molecule has 66 valence electrons. The summed E-state index contributed by atoms with van der Waals surface area (Å²) in [6, 6.07) is 1.55. The highest BCUT2D eigenvalue weighted by Gasteiger charge is 2.29. The minimum Gasteiger partial charge on any atom is -0.311 e. The van der Waals surface area contributed by atoms with E-state index in [1.165, 1.54) is 31.3 Å². The fourth-order valence-corrected chi connectivity index (χ4v) is 2.41. The molecule has 0 aliphatic carbocycles. The molecule has 2 heterocycles. The van der Waals surface area contributed by atoms with Gasteiger partial charge in [-0.15, -0.1) is 0 Å². The molecule has 0 radical (unpaired) electrons. The van der Waals surface area contributed by atoms with E-state index in [4.69, 9.17) is 0 Å². The average molecular weight is 163 g/mol. The molecule has 2 fully saturated rings. The summed E-state index contributed by atoms with van der Waals surface area (Å²) in [6.45, 7) is 6.00. The van der Waals surface area contributed by atoms with Crippen molar-refractivity contribution in [1.29, 1.82) is 0 Å². The van der Waals surface area contributed by atoms with E-state index in [0.29, 0.717) is 0 Å². The number of hydrogen-bond acceptors (Lipinski definition) is 1. The van der Waals surface area contributed by atoms with Crippen molar-refractivity contribution < 1.29 is 0 Å². The molecular formula is C11H17N. The van der Waals surface area contributed by atoms with Crippen LogP contribution in [0.15, 0.2) is 23.8 Å². The van der Waals surface area contributed by atoms with Crippen molar-refractivity contribution in [3.8, 4) is 0 Å². The van der Waals surface area contributed by atoms with Crippen LogP contribution < -0.4 is 5.32 Å². The molecule has 2 aliphatic heterocycles. The third-order valence-corrected chi connectivity index (χ3v) is 2.80. The Hall–Kier alpha value is -0.560. The summed E-state index contributed by atoms with van der Waals surface area (Å²) in [5.74, 6) is 0. The normalized spacial score (nSPS) is 33.6. The van der Waals surface area contributed by atoms with Crippen LogP contribution in [0.5, 0.6) is 0 Å². The first-order chi connectivity index (χ1) is 5.74. The van der Waals surface area contributed by atoms with Crippen LogP contribution in [0, 0.1) is 0 Å². The van der Waals surface area contributed by atoms with Crippen LogP contribution in [-0.2, 0) is 0 Å². The number of allylic oxidation sites excluding steroid dienone is 2. The molecule has 1 nitrogen and oxygen atoms in total. The Bertz CT molecular complexity index is 213. The Morgan fingerprint density at radius 2 is 2.00 bits per heavy atom. The smallest absolute Gasteiger partial charge is 0.0108 e. The van der Waals surface area contributed by atoms with E-state index in [0.717, 1.165) is 12.1 Å². The van der Waals surface area contributed by atoms with Crippen molar-refractivity contribution in [2.45, 2.75) is 44.7 Å². The SMILES string of the molecule is C=C(C)C=C1CC2CCC(C1)N2. The van der Waals surface area contributed by atoms with E-state index < -0.39 is 0 Å². The summed E-state index contributed by atoms with van der Waals surface area (Å²) >= 11 is 0. The highest BCUT2D eigenvalue weighted by atomic mass is 15.0. The zero-order chi connectivity index (χ0) is 8.55. The van der Waals surface area contributed by atoms with Gasteiger partial charge in [-0.3, -0.25) is 0 Å². The maximum absolute atomic E-state index is 3.92. The standard InChI is InChI=1S/C11H17N/c1-8(2)5-9-6-10-3-4-11(7-9)12-10/h5,10-12H,1,3-4,6-7H2,2H3. The summed E-state index contributed by atoms with van der Waals surface area (Å²) in [4.78, 5) is 0. The summed E-state index contributed by atoms with van der Waals surface area (Å²) in [5, 5.41) is 3.62. The minimum absolute atomic E-state index is 0.773. The second kappa shape index (κ2) is 3.06. The van der Waals surface area contributed by atoms with Crippen LogP contribution in [0.3, 0.4) is 0 Å². The van der Waals surface area contributed by atoms with Gasteiger partial charge in [0.15, 0.2) is 0 Å². The highest BCUT2D eigenvalue weighted by molar-refractivity contribution is 5.23. The van der Waals surface area contributed by atoms with Gasteiger partial charge < -0.3 is 5.32 Å². The van der Waals surface area contributed by atoms with Gasteiger partial charge in [0.25, 0.3) is 0 Å². The monoisotopic (exact) mass is 163 g/mol. The number of piperidine rings is 1. The van der Waals surface area contributed by atoms with Crippen LogP contribution in [-0.4, -0.2) is 12.1 Å². The molecule has 0 aromatic rings. The van der Waals surface area contributed by atoms with Crippen LogP contribution in [0.25, 0.3) is 0 Å². The van der Waals surface area contributed by atoms with Crippen LogP contribution in [0.1, 0.15) is 32.6 Å². The number of hydrogen-bond donors (Lipinski definition) is 1. The zero-order valence-electron chi connectivity index (χ0n) is 7.77. The van der Waals surface area contributed by atoms with Crippen molar-refractivity contribution in [2.75, 3.05) is 0 Å². The quantitative estimate of drug-likeness (QED) is 0.626. The molecule has 2 rings (SSSR count). The Morgan fingerprint density at radius 3 is 2.50 bits per heavy atom. The predicted octanol–water partition coefficient (Wildman–Crippen LogP) is 2.40. The van der Waals surface area contributed by atoms with Crippen molar-refractivity contribution in [3.63, 3.8) is 0 Å². The molecule has 2 aliphatic rings. The second-order valence-electron chi connectivity index (χ2n) is 4.20. The van der Waals surface area contributed by atoms with Crippen molar-refractivity contribution >= 4 is 0 Å². The largest absolute Gasteiger partial charge is 0.311 e. The Labute approximate surface area is 74.5 Å². The first kappa shape index (κ1) is 8.06.